The molecule has 0 bridgehead atoms. The zero-order valence-electron chi connectivity index (χ0n) is 13.5. The molecular formula is C17H17N5O2S. The molecule has 0 saturated heterocycles. The summed E-state index contributed by atoms with van der Waals surface area (Å²) in [6.07, 6.45) is 0. The van der Waals surface area contributed by atoms with Gasteiger partial charge in [0.2, 0.25) is 11.1 Å². The van der Waals surface area contributed by atoms with Gasteiger partial charge >= 0.3 is 0 Å². The van der Waals surface area contributed by atoms with Gasteiger partial charge in [0.15, 0.2) is 5.82 Å². The standard InChI is InChI=1S/C17H17N5O2S/c1-24-14-10-6-5-9-13(14)16-20-21-17(22(16)18)25-11-15(23)19-12-7-3-2-4-8-12/h2-10H,11,18H2,1H3,(H,19,23). The van der Waals surface area contributed by atoms with E-state index in [4.69, 9.17) is 10.6 Å². The van der Waals surface area contributed by atoms with Crippen LogP contribution >= 0.6 is 11.8 Å². The second-order valence-corrected chi connectivity index (χ2v) is 6.02. The largest absolute Gasteiger partial charge is 0.496 e. The number of hydrogen-bond acceptors (Lipinski definition) is 6. The minimum atomic E-state index is -0.141. The van der Waals surface area contributed by atoms with Crippen LogP contribution in [0, 0.1) is 0 Å². The number of thioether (sulfide) groups is 1. The monoisotopic (exact) mass is 355 g/mol. The number of benzene rings is 2. The van der Waals surface area contributed by atoms with Crippen molar-refractivity contribution in [2.24, 2.45) is 0 Å². The van der Waals surface area contributed by atoms with Gasteiger partial charge in [-0.1, -0.05) is 42.1 Å². The lowest BCUT2D eigenvalue weighted by Gasteiger charge is -2.08. The van der Waals surface area contributed by atoms with Gasteiger partial charge in [-0.3, -0.25) is 4.79 Å². The number of hydrogen-bond donors (Lipinski definition) is 2. The third-order valence-corrected chi connectivity index (χ3v) is 4.35. The summed E-state index contributed by atoms with van der Waals surface area (Å²) in [6, 6.07) is 16.7. The van der Waals surface area contributed by atoms with E-state index in [2.05, 4.69) is 15.5 Å². The van der Waals surface area contributed by atoms with E-state index in [-0.39, 0.29) is 11.7 Å². The van der Waals surface area contributed by atoms with Gasteiger partial charge in [-0.05, 0) is 24.3 Å². The molecule has 7 nitrogen and oxygen atoms in total. The van der Waals surface area contributed by atoms with Crippen molar-refractivity contribution >= 4 is 23.4 Å². The van der Waals surface area contributed by atoms with Gasteiger partial charge in [-0.25, -0.2) is 4.68 Å². The van der Waals surface area contributed by atoms with E-state index in [1.165, 1.54) is 16.4 Å². The molecule has 0 aliphatic heterocycles. The van der Waals surface area contributed by atoms with Crippen LogP contribution in [0.3, 0.4) is 0 Å². The molecule has 1 heterocycles. The van der Waals surface area contributed by atoms with Crippen molar-refractivity contribution in [3.63, 3.8) is 0 Å². The van der Waals surface area contributed by atoms with Crippen LogP contribution in [0.4, 0.5) is 5.69 Å². The Hall–Kier alpha value is -3.00. The Balaban J connectivity index is 1.68. The van der Waals surface area contributed by atoms with Gasteiger partial charge in [0, 0.05) is 5.69 Å². The molecule has 3 rings (SSSR count). The number of carbonyl (C=O) groups is 1. The highest BCUT2D eigenvalue weighted by Crippen LogP contribution is 2.29. The number of nitrogens with one attached hydrogen (secondary N) is 1. The van der Waals surface area contributed by atoms with Crippen LogP contribution in [-0.2, 0) is 4.79 Å². The van der Waals surface area contributed by atoms with E-state index >= 15 is 0 Å². The van der Waals surface area contributed by atoms with Crippen molar-refractivity contribution < 1.29 is 9.53 Å². The zero-order valence-corrected chi connectivity index (χ0v) is 14.4. The first-order valence-electron chi connectivity index (χ1n) is 7.50. The second-order valence-electron chi connectivity index (χ2n) is 5.08. The fourth-order valence-corrected chi connectivity index (χ4v) is 2.89. The minimum Gasteiger partial charge on any atom is -0.496 e. The van der Waals surface area contributed by atoms with Crippen LogP contribution in [0.25, 0.3) is 11.4 Å². The topological polar surface area (TPSA) is 95.1 Å². The van der Waals surface area contributed by atoms with Gasteiger partial charge in [0.05, 0.1) is 18.4 Å². The van der Waals surface area contributed by atoms with E-state index in [1.54, 1.807) is 7.11 Å². The zero-order chi connectivity index (χ0) is 17.6. The second kappa shape index (κ2) is 7.71. The van der Waals surface area contributed by atoms with Gasteiger partial charge < -0.3 is 15.9 Å². The summed E-state index contributed by atoms with van der Waals surface area (Å²) in [4.78, 5) is 12.0. The molecule has 1 aromatic heterocycles. The number of para-hydroxylation sites is 2. The number of methoxy groups -OCH3 is 1. The average molecular weight is 355 g/mol. The summed E-state index contributed by atoms with van der Waals surface area (Å²) >= 11 is 1.21. The van der Waals surface area contributed by atoms with E-state index < -0.39 is 0 Å². The van der Waals surface area contributed by atoms with Crippen molar-refractivity contribution in [3.8, 4) is 17.1 Å². The summed E-state index contributed by atoms with van der Waals surface area (Å²) in [5, 5.41) is 11.4. The lowest BCUT2D eigenvalue weighted by atomic mass is 10.2. The lowest BCUT2D eigenvalue weighted by molar-refractivity contribution is -0.113. The number of nitrogens with zero attached hydrogens (tertiary/aromatic N) is 3. The molecule has 25 heavy (non-hydrogen) atoms. The summed E-state index contributed by atoms with van der Waals surface area (Å²) in [7, 11) is 1.58. The number of amides is 1. The first-order chi connectivity index (χ1) is 12.2. The number of nitrogens with two attached hydrogens (primary N) is 1. The lowest BCUT2D eigenvalue weighted by Crippen LogP contribution is -2.16. The number of rotatable bonds is 6. The smallest absolute Gasteiger partial charge is 0.234 e. The quantitative estimate of drug-likeness (QED) is 0.521. The molecule has 0 fully saturated rings. The fraction of sp³-hybridized carbons (Fsp3) is 0.118. The highest BCUT2D eigenvalue weighted by atomic mass is 32.2. The fourth-order valence-electron chi connectivity index (χ4n) is 2.24. The van der Waals surface area contributed by atoms with Crippen LogP contribution < -0.4 is 15.9 Å². The van der Waals surface area contributed by atoms with Crippen LogP contribution in [-0.4, -0.2) is 33.6 Å². The molecule has 1 amide bonds. The average Bonchev–Trinajstić information content (AvgIpc) is 3.01. The molecule has 8 heteroatoms. The van der Waals surface area contributed by atoms with E-state index in [1.807, 2.05) is 54.6 Å². The van der Waals surface area contributed by atoms with Crippen LogP contribution in [0.1, 0.15) is 0 Å². The van der Waals surface area contributed by atoms with Crippen LogP contribution in [0.15, 0.2) is 59.8 Å². The Morgan fingerprint density at radius 3 is 2.64 bits per heavy atom. The molecule has 3 aromatic rings. The molecule has 0 atom stereocenters. The summed E-state index contributed by atoms with van der Waals surface area (Å²) in [5.41, 5.74) is 1.48. The van der Waals surface area contributed by atoms with Crippen LogP contribution in [0.5, 0.6) is 5.75 Å². The molecule has 0 aliphatic rings. The van der Waals surface area contributed by atoms with E-state index in [0.717, 1.165) is 11.3 Å². The number of ether oxygens (including phenoxy) is 1. The predicted molar refractivity (Wildman–Crippen MR) is 98.0 cm³/mol. The van der Waals surface area contributed by atoms with Crippen molar-refractivity contribution in [2.45, 2.75) is 5.16 Å². The Bertz CT molecular complexity index is 866. The summed E-state index contributed by atoms with van der Waals surface area (Å²) in [6.45, 7) is 0. The molecule has 0 unspecified atom stereocenters. The van der Waals surface area contributed by atoms with Crippen LogP contribution in [0.2, 0.25) is 0 Å². The Labute approximate surface area is 149 Å². The first kappa shape index (κ1) is 16.8. The summed E-state index contributed by atoms with van der Waals surface area (Å²) in [5.74, 6) is 7.25. The van der Waals surface area contributed by atoms with Gasteiger partial charge in [0.1, 0.15) is 5.75 Å². The number of nitrogen functional groups attached to an aromatic ring is 1. The molecule has 128 valence electrons. The molecule has 0 spiro atoms. The normalized spacial score (nSPS) is 10.4. The highest BCUT2D eigenvalue weighted by molar-refractivity contribution is 7.99. The Morgan fingerprint density at radius 2 is 1.88 bits per heavy atom. The maximum absolute atomic E-state index is 12.0. The molecule has 2 aromatic carbocycles. The van der Waals surface area contributed by atoms with Crippen molar-refractivity contribution in [2.75, 3.05) is 24.0 Å². The van der Waals surface area contributed by atoms with Gasteiger partial charge in [-0.2, -0.15) is 0 Å². The number of aromatic nitrogens is 3. The Kier molecular flexibility index (Phi) is 5.20. The van der Waals surface area contributed by atoms with Crippen molar-refractivity contribution in [1.29, 1.82) is 0 Å². The Morgan fingerprint density at radius 1 is 1.16 bits per heavy atom. The maximum Gasteiger partial charge on any atom is 0.234 e. The molecular weight excluding hydrogens is 338 g/mol. The number of anilines is 1. The van der Waals surface area contributed by atoms with Crippen molar-refractivity contribution in [1.82, 2.24) is 14.9 Å². The van der Waals surface area contributed by atoms with Crippen molar-refractivity contribution in [3.05, 3.63) is 54.6 Å². The molecule has 0 aliphatic carbocycles. The third kappa shape index (κ3) is 3.92. The van der Waals surface area contributed by atoms with Gasteiger partial charge in [0.25, 0.3) is 0 Å². The highest BCUT2D eigenvalue weighted by Gasteiger charge is 2.16. The summed E-state index contributed by atoms with van der Waals surface area (Å²) < 4.78 is 6.68. The number of carbonyl (C=O) groups excluding carboxylic acids is 1. The van der Waals surface area contributed by atoms with E-state index in [9.17, 15) is 4.79 Å². The third-order valence-electron chi connectivity index (χ3n) is 3.40. The van der Waals surface area contributed by atoms with Gasteiger partial charge in [-0.15, -0.1) is 10.2 Å². The molecule has 0 radical (unpaired) electrons. The minimum absolute atomic E-state index is 0.141. The maximum atomic E-state index is 12.0. The molecule has 0 saturated carbocycles. The molecule has 3 N–H and O–H groups in total. The predicted octanol–water partition coefficient (Wildman–Crippen LogP) is 2.40. The van der Waals surface area contributed by atoms with E-state index in [0.29, 0.717) is 16.7 Å². The SMILES string of the molecule is COc1ccccc1-c1nnc(SCC(=O)Nc2ccccc2)n1N. The first-order valence-corrected chi connectivity index (χ1v) is 8.49.